The second-order valence-corrected chi connectivity index (χ2v) is 4.18. The Hall–Kier alpha value is -1.17. The number of aliphatic hydroxyl groups excluding tert-OH is 3. The van der Waals surface area contributed by atoms with E-state index in [4.69, 9.17) is 5.11 Å². The van der Waals surface area contributed by atoms with Crippen molar-refractivity contribution in [3.05, 3.63) is 23.4 Å². The van der Waals surface area contributed by atoms with Gasteiger partial charge in [-0.05, 0) is 24.1 Å². The number of anilines is 1. The summed E-state index contributed by atoms with van der Waals surface area (Å²) in [6, 6.07) is 1.86. The standard InChI is InChI=1S/C11H16N2O3/c1-7-2-8(6-14)3-12-11(7)13-4-9(15)10(16)5-13/h2-3,9-10,14-16H,4-6H2,1H3. The minimum atomic E-state index is -0.710. The van der Waals surface area contributed by atoms with Crippen molar-refractivity contribution in [3.63, 3.8) is 0 Å². The Labute approximate surface area is 94.0 Å². The van der Waals surface area contributed by atoms with Gasteiger partial charge in [-0.25, -0.2) is 4.98 Å². The molecule has 16 heavy (non-hydrogen) atoms. The molecule has 2 unspecified atom stereocenters. The smallest absolute Gasteiger partial charge is 0.131 e. The van der Waals surface area contributed by atoms with Crippen molar-refractivity contribution in [2.45, 2.75) is 25.7 Å². The molecule has 3 N–H and O–H groups in total. The van der Waals surface area contributed by atoms with Gasteiger partial charge in [0.05, 0.1) is 18.8 Å². The van der Waals surface area contributed by atoms with Crippen molar-refractivity contribution in [3.8, 4) is 0 Å². The first-order valence-electron chi connectivity index (χ1n) is 5.29. The quantitative estimate of drug-likeness (QED) is 0.627. The van der Waals surface area contributed by atoms with Crippen LogP contribution in [0.4, 0.5) is 5.82 Å². The van der Waals surface area contributed by atoms with E-state index < -0.39 is 12.2 Å². The first-order valence-corrected chi connectivity index (χ1v) is 5.29. The molecule has 0 saturated carbocycles. The molecule has 0 radical (unpaired) electrons. The number of hydrogen-bond donors (Lipinski definition) is 3. The van der Waals surface area contributed by atoms with E-state index in [1.54, 1.807) is 6.20 Å². The van der Waals surface area contributed by atoms with Crippen LogP contribution in [0.1, 0.15) is 11.1 Å². The lowest BCUT2D eigenvalue weighted by molar-refractivity contribution is 0.0572. The lowest BCUT2D eigenvalue weighted by Crippen LogP contribution is -2.23. The Bertz CT molecular complexity index is 373. The van der Waals surface area contributed by atoms with Gasteiger partial charge in [0.25, 0.3) is 0 Å². The van der Waals surface area contributed by atoms with Crippen LogP contribution in [0.2, 0.25) is 0 Å². The molecule has 0 spiro atoms. The number of nitrogens with zero attached hydrogens (tertiary/aromatic N) is 2. The van der Waals surface area contributed by atoms with Crippen LogP contribution >= 0.6 is 0 Å². The molecule has 1 saturated heterocycles. The zero-order valence-electron chi connectivity index (χ0n) is 9.17. The molecule has 1 aliphatic heterocycles. The molecule has 1 aromatic heterocycles. The fourth-order valence-corrected chi connectivity index (χ4v) is 1.99. The van der Waals surface area contributed by atoms with Crippen LogP contribution in [0.25, 0.3) is 0 Å². The van der Waals surface area contributed by atoms with Crippen LogP contribution in [0.3, 0.4) is 0 Å². The molecule has 88 valence electrons. The minimum absolute atomic E-state index is 0.0284. The number of hydrogen-bond acceptors (Lipinski definition) is 5. The highest BCUT2D eigenvalue weighted by Gasteiger charge is 2.30. The van der Waals surface area contributed by atoms with E-state index in [0.29, 0.717) is 13.1 Å². The number of rotatable bonds is 2. The predicted molar refractivity (Wildman–Crippen MR) is 59.1 cm³/mol. The first kappa shape index (κ1) is 11.3. The molecule has 1 aliphatic rings. The van der Waals surface area contributed by atoms with E-state index in [1.807, 2.05) is 17.9 Å². The van der Waals surface area contributed by atoms with E-state index >= 15 is 0 Å². The van der Waals surface area contributed by atoms with Crippen LogP contribution in [-0.4, -0.2) is 45.6 Å². The Kier molecular flexibility index (Phi) is 3.09. The molecule has 0 aromatic carbocycles. The monoisotopic (exact) mass is 224 g/mol. The zero-order valence-corrected chi connectivity index (χ0v) is 9.17. The maximum atomic E-state index is 9.46. The summed E-state index contributed by atoms with van der Waals surface area (Å²) in [7, 11) is 0. The fraction of sp³-hybridized carbons (Fsp3) is 0.545. The van der Waals surface area contributed by atoms with Crippen molar-refractivity contribution in [1.82, 2.24) is 4.98 Å². The van der Waals surface area contributed by atoms with Gasteiger partial charge in [0.1, 0.15) is 5.82 Å². The summed E-state index contributed by atoms with van der Waals surface area (Å²) in [5, 5.41) is 27.9. The Morgan fingerprint density at radius 1 is 1.38 bits per heavy atom. The van der Waals surface area contributed by atoms with Gasteiger partial charge in [-0.2, -0.15) is 0 Å². The minimum Gasteiger partial charge on any atom is -0.392 e. The Morgan fingerprint density at radius 2 is 2.00 bits per heavy atom. The summed E-state index contributed by atoms with van der Waals surface area (Å²) >= 11 is 0. The van der Waals surface area contributed by atoms with Crippen molar-refractivity contribution >= 4 is 5.82 Å². The average molecular weight is 224 g/mol. The summed E-state index contributed by atoms with van der Waals surface area (Å²) in [5.41, 5.74) is 1.70. The zero-order chi connectivity index (χ0) is 11.7. The van der Waals surface area contributed by atoms with Gasteiger partial charge >= 0.3 is 0 Å². The van der Waals surface area contributed by atoms with Crippen molar-refractivity contribution in [2.24, 2.45) is 0 Å². The van der Waals surface area contributed by atoms with Gasteiger partial charge in [0.15, 0.2) is 0 Å². The van der Waals surface area contributed by atoms with Crippen LogP contribution in [-0.2, 0) is 6.61 Å². The highest BCUT2D eigenvalue weighted by Crippen LogP contribution is 2.22. The number of pyridine rings is 1. The van der Waals surface area contributed by atoms with E-state index in [1.165, 1.54) is 0 Å². The second kappa shape index (κ2) is 4.37. The third-order valence-electron chi connectivity index (χ3n) is 2.85. The van der Waals surface area contributed by atoms with Crippen LogP contribution in [0, 0.1) is 6.92 Å². The first-order chi connectivity index (χ1) is 7.61. The molecule has 1 fully saturated rings. The van der Waals surface area contributed by atoms with Crippen molar-refractivity contribution in [2.75, 3.05) is 18.0 Å². The van der Waals surface area contributed by atoms with Gasteiger partial charge in [0, 0.05) is 19.3 Å². The highest BCUT2D eigenvalue weighted by molar-refractivity contribution is 5.48. The fourth-order valence-electron chi connectivity index (χ4n) is 1.99. The maximum Gasteiger partial charge on any atom is 0.131 e. The van der Waals surface area contributed by atoms with Crippen LogP contribution in [0.5, 0.6) is 0 Å². The third kappa shape index (κ3) is 2.02. The summed E-state index contributed by atoms with van der Waals surface area (Å²) in [4.78, 5) is 6.10. The number of β-amino-alcohol motifs (C(OH)–C–C–N with tert-alkyl or cyclic N) is 2. The average Bonchev–Trinajstić information content (AvgIpc) is 2.58. The van der Waals surface area contributed by atoms with Crippen LogP contribution in [0.15, 0.2) is 12.3 Å². The summed E-state index contributed by atoms with van der Waals surface area (Å²) in [5.74, 6) is 0.757. The summed E-state index contributed by atoms with van der Waals surface area (Å²) < 4.78 is 0. The molecule has 1 aromatic rings. The molecule has 0 amide bonds. The normalized spacial score (nSPS) is 25.1. The van der Waals surface area contributed by atoms with E-state index in [-0.39, 0.29) is 6.61 Å². The maximum absolute atomic E-state index is 9.46. The van der Waals surface area contributed by atoms with Gasteiger partial charge in [-0.1, -0.05) is 0 Å². The molecule has 5 heteroatoms. The summed E-state index contributed by atoms with van der Waals surface area (Å²) in [6.07, 6.45) is 0.191. The largest absolute Gasteiger partial charge is 0.392 e. The van der Waals surface area contributed by atoms with E-state index in [9.17, 15) is 10.2 Å². The lowest BCUT2D eigenvalue weighted by Gasteiger charge is -2.18. The molecular formula is C11H16N2O3. The van der Waals surface area contributed by atoms with Gasteiger partial charge in [0.2, 0.25) is 0 Å². The number of aromatic nitrogens is 1. The summed E-state index contributed by atoms with van der Waals surface area (Å²) in [6.45, 7) is 2.67. The van der Waals surface area contributed by atoms with Crippen molar-refractivity contribution < 1.29 is 15.3 Å². The molecular weight excluding hydrogens is 208 g/mol. The lowest BCUT2D eigenvalue weighted by atomic mass is 10.2. The van der Waals surface area contributed by atoms with E-state index in [2.05, 4.69) is 4.98 Å². The molecule has 0 bridgehead atoms. The third-order valence-corrected chi connectivity index (χ3v) is 2.85. The Balaban J connectivity index is 2.22. The number of aryl methyl sites for hydroxylation is 1. The number of aliphatic hydroxyl groups is 3. The molecule has 2 atom stereocenters. The molecule has 5 nitrogen and oxygen atoms in total. The second-order valence-electron chi connectivity index (χ2n) is 4.18. The van der Waals surface area contributed by atoms with E-state index in [0.717, 1.165) is 16.9 Å². The van der Waals surface area contributed by atoms with Gasteiger partial charge < -0.3 is 20.2 Å². The Morgan fingerprint density at radius 3 is 2.50 bits per heavy atom. The van der Waals surface area contributed by atoms with Crippen molar-refractivity contribution in [1.29, 1.82) is 0 Å². The predicted octanol–water partition coefficient (Wildman–Crippen LogP) is -0.576. The molecule has 2 heterocycles. The van der Waals surface area contributed by atoms with Gasteiger partial charge in [-0.15, -0.1) is 0 Å². The molecule has 0 aliphatic carbocycles. The highest BCUT2D eigenvalue weighted by atomic mass is 16.3. The van der Waals surface area contributed by atoms with Gasteiger partial charge in [-0.3, -0.25) is 0 Å². The SMILES string of the molecule is Cc1cc(CO)cnc1N1CC(O)C(O)C1. The van der Waals surface area contributed by atoms with Crippen LogP contribution < -0.4 is 4.90 Å². The molecule has 2 rings (SSSR count). The topological polar surface area (TPSA) is 76.8 Å².